The SMILES string of the molecule is CCN(CC)CCN(C(=O)C=Cc1ccccc1)c1nc2c(S(C)(=O)=O)cccc2s1. The maximum absolute atomic E-state index is 13.1. The molecule has 6 nitrogen and oxygen atoms in total. The van der Waals surface area contributed by atoms with E-state index in [1.807, 2.05) is 36.4 Å². The van der Waals surface area contributed by atoms with Crippen LogP contribution in [0.4, 0.5) is 5.13 Å². The first-order valence-electron chi connectivity index (χ1n) is 10.2. The van der Waals surface area contributed by atoms with Crippen LogP contribution in [0.3, 0.4) is 0 Å². The number of hydrogen-bond acceptors (Lipinski definition) is 6. The number of aromatic nitrogens is 1. The minimum Gasteiger partial charge on any atom is -0.302 e. The smallest absolute Gasteiger partial charge is 0.252 e. The van der Waals surface area contributed by atoms with Crippen molar-refractivity contribution in [3.63, 3.8) is 0 Å². The zero-order valence-electron chi connectivity index (χ0n) is 18.0. The zero-order valence-corrected chi connectivity index (χ0v) is 19.6. The van der Waals surface area contributed by atoms with Crippen LogP contribution in [0.5, 0.6) is 0 Å². The summed E-state index contributed by atoms with van der Waals surface area (Å²) < 4.78 is 25.1. The van der Waals surface area contributed by atoms with E-state index in [2.05, 4.69) is 23.7 Å². The first-order chi connectivity index (χ1) is 14.8. The molecule has 8 heteroatoms. The lowest BCUT2D eigenvalue weighted by Crippen LogP contribution is -2.38. The molecule has 0 spiro atoms. The van der Waals surface area contributed by atoms with Crippen molar-refractivity contribution in [3.05, 3.63) is 60.2 Å². The largest absolute Gasteiger partial charge is 0.302 e. The Balaban J connectivity index is 1.97. The summed E-state index contributed by atoms with van der Waals surface area (Å²) in [6.45, 7) is 7.11. The van der Waals surface area contributed by atoms with Gasteiger partial charge in [0.1, 0.15) is 5.52 Å². The lowest BCUT2D eigenvalue weighted by Gasteiger charge is -2.23. The standard InChI is InChI=1S/C23H27N3O3S2/c1-4-25(5-2)16-17-26(21(27)15-14-18-10-7-6-8-11-18)23-24-22-19(30-23)12-9-13-20(22)31(3,28)29/h6-15H,4-5,16-17H2,1-3H3. The van der Waals surface area contributed by atoms with E-state index in [0.717, 1.165) is 23.4 Å². The van der Waals surface area contributed by atoms with E-state index in [1.54, 1.807) is 29.2 Å². The molecule has 0 atom stereocenters. The van der Waals surface area contributed by atoms with Gasteiger partial charge in [-0.25, -0.2) is 13.4 Å². The molecule has 3 rings (SSSR count). The molecule has 1 aromatic heterocycles. The number of likely N-dealkylation sites (N-methyl/N-ethyl adjacent to an activating group) is 1. The molecule has 31 heavy (non-hydrogen) atoms. The first kappa shape index (κ1) is 23.1. The summed E-state index contributed by atoms with van der Waals surface area (Å²) in [6.07, 6.45) is 4.50. The molecule has 0 aliphatic heterocycles. The molecule has 164 valence electrons. The van der Waals surface area contributed by atoms with Crippen molar-refractivity contribution in [2.24, 2.45) is 0 Å². The summed E-state index contributed by atoms with van der Waals surface area (Å²) in [5, 5.41) is 0.501. The van der Waals surface area contributed by atoms with Crippen LogP contribution in [0, 0.1) is 0 Å². The summed E-state index contributed by atoms with van der Waals surface area (Å²) >= 11 is 1.33. The first-order valence-corrected chi connectivity index (χ1v) is 12.9. The number of benzene rings is 2. The summed E-state index contributed by atoms with van der Waals surface area (Å²) in [5.41, 5.74) is 1.35. The van der Waals surface area contributed by atoms with Crippen LogP contribution >= 0.6 is 11.3 Å². The number of carbonyl (C=O) groups excluding carboxylic acids is 1. The molecule has 0 saturated heterocycles. The molecule has 0 fully saturated rings. The third kappa shape index (κ3) is 5.78. The Labute approximate surface area is 187 Å². The summed E-state index contributed by atoms with van der Waals surface area (Å²) in [7, 11) is -3.42. The molecule has 3 aromatic rings. The molecule has 2 aromatic carbocycles. The van der Waals surface area contributed by atoms with Gasteiger partial charge in [0.25, 0.3) is 5.91 Å². The molecule has 0 N–H and O–H groups in total. The van der Waals surface area contributed by atoms with E-state index in [9.17, 15) is 13.2 Å². The predicted octanol–water partition coefficient (Wildman–Crippen LogP) is 4.09. The highest BCUT2D eigenvalue weighted by molar-refractivity contribution is 7.91. The Morgan fingerprint density at radius 3 is 2.39 bits per heavy atom. The van der Waals surface area contributed by atoms with Crippen molar-refractivity contribution in [2.75, 3.05) is 37.3 Å². The van der Waals surface area contributed by atoms with Gasteiger partial charge >= 0.3 is 0 Å². The van der Waals surface area contributed by atoms with Gasteiger partial charge in [-0.15, -0.1) is 0 Å². The highest BCUT2D eigenvalue weighted by atomic mass is 32.2. The van der Waals surface area contributed by atoms with E-state index in [0.29, 0.717) is 23.7 Å². The third-order valence-electron chi connectivity index (χ3n) is 5.02. The van der Waals surface area contributed by atoms with Crippen LogP contribution in [0.1, 0.15) is 19.4 Å². The Morgan fingerprint density at radius 2 is 1.74 bits per heavy atom. The molecule has 0 saturated carbocycles. The minimum absolute atomic E-state index is 0.184. The number of hydrogen-bond donors (Lipinski definition) is 0. The number of para-hydroxylation sites is 1. The monoisotopic (exact) mass is 457 g/mol. The molecular formula is C23H27N3O3S2. The van der Waals surface area contributed by atoms with E-state index in [-0.39, 0.29) is 10.8 Å². The predicted molar refractivity (Wildman–Crippen MR) is 128 cm³/mol. The quantitative estimate of drug-likeness (QED) is 0.453. The highest BCUT2D eigenvalue weighted by Gasteiger charge is 2.21. The lowest BCUT2D eigenvalue weighted by molar-refractivity contribution is -0.114. The number of thiazole rings is 1. The summed E-state index contributed by atoms with van der Waals surface area (Å²) in [4.78, 5) is 21.8. The van der Waals surface area contributed by atoms with Crippen molar-refractivity contribution < 1.29 is 13.2 Å². The normalized spacial score (nSPS) is 12.1. The molecule has 0 radical (unpaired) electrons. The zero-order chi connectivity index (χ0) is 22.4. The maximum atomic E-state index is 13.1. The van der Waals surface area contributed by atoms with Crippen molar-refractivity contribution in [2.45, 2.75) is 18.7 Å². The van der Waals surface area contributed by atoms with Crippen LogP contribution in [-0.2, 0) is 14.6 Å². The van der Waals surface area contributed by atoms with Gasteiger partial charge in [0.2, 0.25) is 0 Å². The van der Waals surface area contributed by atoms with E-state index >= 15 is 0 Å². The Hall–Kier alpha value is -2.55. The molecule has 1 amide bonds. The maximum Gasteiger partial charge on any atom is 0.252 e. The van der Waals surface area contributed by atoms with Crippen molar-refractivity contribution in [1.82, 2.24) is 9.88 Å². The topological polar surface area (TPSA) is 70.6 Å². The lowest BCUT2D eigenvalue weighted by atomic mass is 10.2. The molecule has 0 bridgehead atoms. The second-order valence-corrected chi connectivity index (χ2v) is 10.1. The van der Waals surface area contributed by atoms with E-state index in [4.69, 9.17) is 0 Å². The number of nitrogens with zero attached hydrogens (tertiary/aromatic N) is 3. The second-order valence-electron chi connectivity index (χ2n) is 7.13. The van der Waals surface area contributed by atoms with Gasteiger partial charge < -0.3 is 4.90 Å². The average molecular weight is 458 g/mol. The van der Waals surface area contributed by atoms with Gasteiger partial charge in [-0.05, 0) is 36.9 Å². The molecule has 0 aliphatic carbocycles. The Bertz CT molecular complexity index is 1170. The van der Waals surface area contributed by atoms with Crippen LogP contribution in [-0.4, -0.2) is 56.6 Å². The average Bonchev–Trinajstić information content (AvgIpc) is 3.19. The number of sulfone groups is 1. The van der Waals surface area contributed by atoms with E-state index < -0.39 is 9.84 Å². The Morgan fingerprint density at radius 1 is 1.03 bits per heavy atom. The molecular weight excluding hydrogens is 430 g/mol. The highest BCUT2D eigenvalue weighted by Crippen LogP contribution is 2.32. The van der Waals surface area contributed by atoms with Gasteiger partial charge in [0.15, 0.2) is 15.0 Å². The fraction of sp³-hybridized carbons (Fsp3) is 0.304. The van der Waals surface area contributed by atoms with Gasteiger partial charge in [-0.3, -0.25) is 9.69 Å². The van der Waals surface area contributed by atoms with Gasteiger partial charge in [0, 0.05) is 25.4 Å². The molecule has 0 aliphatic rings. The minimum atomic E-state index is -3.42. The van der Waals surface area contributed by atoms with Crippen molar-refractivity contribution in [3.8, 4) is 0 Å². The van der Waals surface area contributed by atoms with Crippen LogP contribution in [0.15, 0.2) is 59.5 Å². The fourth-order valence-corrected chi connectivity index (χ4v) is 5.15. The summed E-state index contributed by atoms with van der Waals surface area (Å²) in [5.74, 6) is -0.184. The van der Waals surface area contributed by atoms with Crippen LogP contribution in [0.25, 0.3) is 16.3 Å². The van der Waals surface area contributed by atoms with Gasteiger partial charge in [0.05, 0.1) is 9.60 Å². The number of anilines is 1. The van der Waals surface area contributed by atoms with Gasteiger partial charge in [-0.2, -0.15) is 0 Å². The van der Waals surface area contributed by atoms with Crippen molar-refractivity contribution >= 4 is 48.5 Å². The Kier molecular flexibility index (Phi) is 7.59. The van der Waals surface area contributed by atoms with Gasteiger partial charge in [-0.1, -0.05) is 61.6 Å². The molecule has 0 unspecified atom stereocenters. The number of rotatable bonds is 9. The number of carbonyl (C=O) groups is 1. The second kappa shape index (κ2) is 10.2. The fourth-order valence-electron chi connectivity index (χ4n) is 3.23. The van der Waals surface area contributed by atoms with Crippen LogP contribution in [0.2, 0.25) is 0 Å². The van der Waals surface area contributed by atoms with Crippen molar-refractivity contribution in [1.29, 1.82) is 0 Å². The van der Waals surface area contributed by atoms with Crippen LogP contribution < -0.4 is 4.90 Å². The number of fused-ring (bicyclic) bond motifs is 1. The summed E-state index contributed by atoms with van der Waals surface area (Å²) in [6, 6.07) is 14.7. The number of amides is 1. The molecule has 1 heterocycles. The third-order valence-corrected chi connectivity index (χ3v) is 7.19. The van der Waals surface area contributed by atoms with E-state index in [1.165, 1.54) is 17.6 Å².